The second kappa shape index (κ2) is 11.7. The fourth-order valence-electron chi connectivity index (χ4n) is 4.47. The number of anilines is 1. The van der Waals surface area contributed by atoms with E-state index in [1.54, 1.807) is 0 Å². The largest absolute Gasteiger partial charge is 0.505 e. The molecule has 2 aromatic carbocycles. The van der Waals surface area contributed by atoms with Crippen molar-refractivity contribution in [2.24, 2.45) is 0 Å². The lowest BCUT2D eigenvalue weighted by Crippen LogP contribution is -2.26. The molecule has 0 aliphatic heterocycles. The molecule has 3 aromatic heterocycles. The Balaban J connectivity index is 1.67. The zero-order valence-corrected chi connectivity index (χ0v) is 24.4. The van der Waals surface area contributed by atoms with Crippen molar-refractivity contribution in [3.8, 4) is 28.3 Å². The van der Waals surface area contributed by atoms with Gasteiger partial charge in [0.2, 0.25) is 10.0 Å². The summed E-state index contributed by atoms with van der Waals surface area (Å²) in [6, 6.07) is 13.4. The van der Waals surface area contributed by atoms with Gasteiger partial charge in [0, 0.05) is 36.7 Å². The number of benzene rings is 2. The molecule has 0 saturated heterocycles. The van der Waals surface area contributed by atoms with Gasteiger partial charge >= 0.3 is 0 Å². The van der Waals surface area contributed by atoms with Crippen molar-refractivity contribution in [3.05, 3.63) is 95.4 Å². The number of sulfonamides is 1. The van der Waals surface area contributed by atoms with Gasteiger partial charge in [0.15, 0.2) is 5.69 Å². The Labute approximate surface area is 250 Å². The Bertz CT molecular complexity index is 2010. The van der Waals surface area contributed by atoms with Gasteiger partial charge < -0.3 is 20.2 Å². The highest BCUT2D eigenvalue weighted by Crippen LogP contribution is 2.41. The van der Waals surface area contributed by atoms with Gasteiger partial charge in [-0.1, -0.05) is 0 Å². The lowest BCUT2D eigenvalue weighted by Gasteiger charge is -2.20. The number of hydrogen-bond acceptors (Lipinski definition) is 8. The van der Waals surface area contributed by atoms with Gasteiger partial charge in [-0.3, -0.25) is 18.9 Å². The molecule has 0 spiro atoms. The molecule has 5 aromatic rings. The number of furan rings is 1. The first-order valence-corrected chi connectivity index (χ1v) is 14.8. The number of hydrogen-bond donors (Lipinski definition) is 3. The van der Waals surface area contributed by atoms with E-state index in [9.17, 15) is 31.9 Å². The maximum absolute atomic E-state index is 13.7. The topological polar surface area (TPSA) is 155 Å². The van der Waals surface area contributed by atoms with Crippen molar-refractivity contribution in [2.45, 2.75) is 6.54 Å². The lowest BCUT2D eigenvalue weighted by molar-refractivity contribution is 0.0940. The second-order valence-electron chi connectivity index (χ2n) is 9.70. The first-order valence-electron chi connectivity index (χ1n) is 13.0. The smallest absolute Gasteiger partial charge is 0.274 e. The highest BCUT2D eigenvalue weighted by Gasteiger charge is 2.27. The number of carbonyl (C=O) groups is 2. The molecule has 11 nitrogen and oxygen atoms in total. The van der Waals surface area contributed by atoms with Crippen LogP contribution in [0, 0.1) is 11.6 Å². The zero-order chi connectivity index (χ0) is 31.8. The third-order valence-electron chi connectivity index (χ3n) is 6.79. The quantitative estimate of drug-likeness (QED) is 0.233. The summed E-state index contributed by atoms with van der Waals surface area (Å²) in [5.41, 5.74) is 1.03. The summed E-state index contributed by atoms with van der Waals surface area (Å²) in [6.07, 6.45) is 1.99. The predicted molar refractivity (Wildman–Crippen MR) is 159 cm³/mol. The van der Waals surface area contributed by atoms with Crippen LogP contribution in [0.3, 0.4) is 0 Å². The molecule has 3 N–H and O–H groups in total. The third-order valence-corrected chi connectivity index (χ3v) is 7.98. The van der Waals surface area contributed by atoms with Gasteiger partial charge in [0.05, 0.1) is 41.6 Å². The van der Waals surface area contributed by atoms with Crippen molar-refractivity contribution < 1.29 is 36.3 Å². The number of nitrogens with one attached hydrogen (secondary N) is 2. The number of aromatic nitrogens is 2. The van der Waals surface area contributed by atoms with Crippen LogP contribution in [0.4, 0.5) is 14.5 Å². The van der Waals surface area contributed by atoms with Crippen LogP contribution in [0.1, 0.15) is 26.5 Å². The van der Waals surface area contributed by atoms with E-state index in [0.29, 0.717) is 11.3 Å². The van der Waals surface area contributed by atoms with Crippen LogP contribution in [0.25, 0.3) is 33.6 Å². The van der Waals surface area contributed by atoms with Crippen LogP contribution < -0.4 is 14.9 Å². The fraction of sp³-hybridized carbons (Fsp3) is 0.133. The van der Waals surface area contributed by atoms with Crippen LogP contribution in [0.2, 0.25) is 0 Å². The zero-order valence-electron chi connectivity index (χ0n) is 23.6. The number of aromatic hydroxyl groups is 1. The van der Waals surface area contributed by atoms with Gasteiger partial charge in [-0.25, -0.2) is 22.2 Å². The number of fused-ring (bicyclic) bond motifs is 1. The average molecular weight is 622 g/mol. The highest BCUT2D eigenvalue weighted by molar-refractivity contribution is 7.92. The molecule has 44 heavy (non-hydrogen) atoms. The number of rotatable bonds is 8. The molecular weight excluding hydrogens is 596 g/mol. The van der Waals surface area contributed by atoms with E-state index in [1.807, 2.05) is 0 Å². The Morgan fingerprint density at radius 1 is 1.00 bits per heavy atom. The molecule has 0 aliphatic carbocycles. The van der Waals surface area contributed by atoms with Crippen LogP contribution in [-0.4, -0.2) is 55.7 Å². The summed E-state index contributed by atoms with van der Waals surface area (Å²) in [4.78, 5) is 34.3. The van der Waals surface area contributed by atoms with E-state index in [1.165, 1.54) is 74.8 Å². The molecule has 0 saturated carbocycles. The van der Waals surface area contributed by atoms with Gasteiger partial charge in [-0.15, -0.1) is 0 Å². The van der Waals surface area contributed by atoms with Gasteiger partial charge in [-0.05, 0) is 54.6 Å². The van der Waals surface area contributed by atoms with E-state index in [-0.39, 0.29) is 51.5 Å². The third kappa shape index (κ3) is 5.92. The molecule has 226 valence electrons. The average Bonchev–Trinajstić information content (AvgIpc) is 3.37. The minimum atomic E-state index is -3.83. The van der Waals surface area contributed by atoms with Crippen molar-refractivity contribution in [3.63, 3.8) is 0 Å². The van der Waals surface area contributed by atoms with Gasteiger partial charge in [0.1, 0.15) is 28.7 Å². The van der Waals surface area contributed by atoms with Crippen molar-refractivity contribution >= 4 is 38.5 Å². The first kappa shape index (κ1) is 30.1. The SMILES string of the molecule is CNC(=O)c1c(-c2ccc(F)cc2)oc2cc(N(C)S(C)(=O)=O)c(-c3ccc(O)c(C(=O)NCc4ccc(F)cn4)n3)cc12. The molecule has 3 heterocycles. The maximum Gasteiger partial charge on any atom is 0.274 e. The first-order chi connectivity index (χ1) is 20.9. The minimum Gasteiger partial charge on any atom is -0.505 e. The van der Waals surface area contributed by atoms with Crippen LogP contribution in [-0.2, 0) is 16.6 Å². The van der Waals surface area contributed by atoms with Gasteiger partial charge in [-0.2, -0.15) is 0 Å². The maximum atomic E-state index is 13.7. The monoisotopic (exact) mass is 621 g/mol. The normalized spacial score (nSPS) is 11.4. The van der Waals surface area contributed by atoms with E-state index in [2.05, 4.69) is 20.6 Å². The minimum absolute atomic E-state index is 0.0881. The molecule has 0 fully saturated rings. The van der Waals surface area contributed by atoms with Crippen molar-refractivity contribution in [1.29, 1.82) is 0 Å². The Kier molecular flexibility index (Phi) is 8.02. The van der Waals surface area contributed by atoms with E-state index < -0.39 is 39.2 Å². The standard InChI is InChI=1S/C30H25F2N5O6S/c1-33-29(39)26-21-12-20(22-10-11-24(38)27(36-22)30(40)35-15-19-9-8-18(32)14-34-19)23(37(2)44(3,41)42)13-25(21)43-28(26)16-4-6-17(31)7-5-16/h4-14,38H,15H2,1-3H3,(H,33,39)(H,35,40). The molecule has 5 rings (SSSR count). The number of pyridine rings is 2. The fourth-order valence-corrected chi connectivity index (χ4v) is 4.97. The summed E-state index contributed by atoms with van der Waals surface area (Å²) in [7, 11) is -1.09. The van der Waals surface area contributed by atoms with Crippen LogP contribution >= 0.6 is 0 Å². The summed E-state index contributed by atoms with van der Waals surface area (Å²) < 4.78 is 59.2. The predicted octanol–water partition coefficient (Wildman–Crippen LogP) is 4.23. The van der Waals surface area contributed by atoms with Crippen molar-refractivity contribution in [1.82, 2.24) is 20.6 Å². The number of nitrogens with zero attached hydrogens (tertiary/aromatic N) is 3. The van der Waals surface area contributed by atoms with Gasteiger partial charge in [0.25, 0.3) is 11.8 Å². The summed E-state index contributed by atoms with van der Waals surface area (Å²) in [5.74, 6) is -2.66. The Morgan fingerprint density at radius 2 is 1.70 bits per heavy atom. The second-order valence-corrected chi connectivity index (χ2v) is 11.7. The molecule has 2 amide bonds. The number of carbonyl (C=O) groups excluding carboxylic acids is 2. The Hall–Kier alpha value is -5.37. The summed E-state index contributed by atoms with van der Waals surface area (Å²) in [6.45, 7) is -0.0881. The molecule has 0 unspecified atom stereocenters. The molecule has 0 aliphatic rings. The summed E-state index contributed by atoms with van der Waals surface area (Å²) >= 11 is 0. The molecule has 0 atom stereocenters. The van der Waals surface area contributed by atoms with Crippen LogP contribution in [0.15, 0.2) is 71.3 Å². The molecule has 0 bridgehead atoms. The number of halogens is 2. The van der Waals surface area contributed by atoms with E-state index in [4.69, 9.17) is 4.42 Å². The molecule has 14 heteroatoms. The molecular formula is C30H25F2N5O6S. The Morgan fingerprint density at radius 3 is 2.34 bits per heavy atom. The van der Waals surface area contributed by atoms with Crippen molar-refractivity contribution in [2.75, 3.05) is 24.7 Å². The lowest BCUT2D eigenvalue weighted by atomic mass is 10.0. The summed E-state index contributed by atoms with van der Waals surface area (Å²) in [5, 5.41) is 15.9. The van der Waals surface area contributed by atoms with E-state index >= 15 is 0 Å². The van der Waals surface area contributed by atoms with Crippen LogP contribution in [0.5, 0.6) is 5.75 Å². The van der Waals surface area contributed by atoms with E-state index in [0.717, 1.165) is 16.8 Å². The number of amides is 2. The highest BCUT2D eigenvalue weighted by atomic mass is 32.2. The molecule has 0 radical (unpaired) electrons.